The molecule has 7 heteroatoms. The number of hydrogen-bond acceptors (Lipinski definition) is 4. The molecule has 0 saturated carbocycles. The maximum Gasteiger partial charge on any atom is 0.275 e. The number of hydrogen-bond donors (Lipinski definition) is 1. The third kappa shape index (κ3) is 3.77. The number of aromatic nitrogens is 3. The van der Waals surface area contributed by atoms with E-state index in [0.717, 1.165) is 5.56 Å². The number of benzene rings is 2. The molecule has 0 aliphatic carbocycles. The van der Waals surface area contributed by atoms with E-state index in [2.05, 4.69) is 15.3 Å². The summed E-state index contributed by atoms with van der Waals surface area (Å²) in [5, 5.41) is 3.34. The third-order valence-electron chi connectivity index (χ3n) is 4.22. The Labute approximate surface area is 165 Å². The van der Waals surface area contributed by atoms with Crippen molar-refractivity contribution in [2.75, 3.05) is 5.32 Å². The Morgan fingerprint density at radius 1 is 1.00 bits per heavy atom. The molecule has 0 atom stereocenters. The Kier molecular flexibility index (Phi) is 4.87. The number of halogens is 1. The smallest absolute Gasteiger partial charge is 0.275 e. The van der Waals surface area contributed by atoms with Crippen LogP contribution in [0.25, 0.3) is 11.0 Å². The third-order valence-corrected chi connectivity index (χ3v) is 4.59. The summed E-state index contributed by atoms with van der Waals surface area (Å²) in [6.07, 6.45) is 3.01. The maximum absolute atomic E-state index is 12.5. The summed E-state index contributed by atoms with van der Waals surface area (Å²) < 4.78 is 1.49. The highest BCUT2D eigenvalue weighted by molar-refractivity contribution is 6.31. The van der Waals surface area contributed by atoms with Gasteiger partial charge in [0.1, 0.15) is 5.69 Å². The van der Waals surface area contributed by atoms with Crippen LogP contribution in [0.5, 0.6) is 0 Å². The Morgan fingerprint density at radius 3 is 2.57 bits per heavy atom. The zero-order valence-corrected chi connectivity index (χ0v) is 15.4. The van der Waals surface area contributed by atoms with Gasteiger partial charge in [0.15, 0.2) is 0 Å². The molecule has 6 nitrogen and oxygen atoms in total. The van der Waals surface area contributed by atoms with Gasteiger partial charge in [0.25, 0.3) is 11.5 Å². The maximum atomic E-state index is 12.5. The normalized spacial score (nSPS) is 10.8. The van der Waals surface area contributed by atoms with Gasteiger partial charge in [-0.25, -0.2) is 4.98 Å². The molecule has 28 heavy (non-hydrogen) atoms. The summed E-state index contributed by atoms with van der Waals surface area (Å²) in [4.78, 5) is 33.3. The number of carbonyl (C=O) groups is 1. The Balaban J connectivity index is 1.58. The van der Waals surface area contributed by atoms with Crippen LogP contribution in [-0.4, -0.2) is 20.4 Å². The van der Waals surface area contributed by atoms with Crippen molar-refractivity contribution in [1.29, 1.82) is 0 Å². The van der Waals surface area contributed by atoms with Crippen molar-refractivity contribution in [1.82, 2.24) is 14.5 Å². The summed E-state index contributed by atoms with van der Waals surface area (Å²) in [5.41, 5.74) is 2.65. The fourth-order valence-corrected chi connectivity index (χ4v) is 3.00. The second-order valence-electron chi connectivity index (χ2n) is 6.17. The molecule has 0 radical (unpaired) electrons. The monoisotopic (exact) mass is 390 g/mol. The van der Waals surface area contributed by atoms with Gasteiger partial charge in [0, 0.05) is 17.3 Å². The summed E-state index contributed by atoms with van der Waals surface area (Å²) in [6.45, 7) is 0.304. The number of carbonyl (C=O) groups excluding carboxylic acids is 1. The molecule has 0 aliphatic heterocycles. The van der Waals surface area contributed by atoms with E-state index in [1.165, 1.54) is 16.8 Å². The molecule has 0 fully saturated rings. The molecular weight excluding hydrogens is 376 g/mol. The Morgan fingerprint density at radius 2 is 1.75 bits per heavy atom. The van der Waals surface area contributed by atoms with Crippen LogP contribution in [0.4, 0.5) is 5.69 Å². The van der Waals surface area contributed by atoms with Crippen LogP contribution in [-0.2, 0) is 6.54 Å². The molecule has 2 aromatic carbocycles. The van der Waals surface area contributed by atoms with Gasteiger partial charge < -0.3 is 9.88 Å². The standard InChI is InChI=1S/C21H15ClN4O2/c22-16-6-2-1-5-14(16)12-26-13-15(9-10-20(26)27)24-21(28)19-11-23-17-7-3-4-8-18(17)25-19/h1-11,13H,12H2,(H,24,28). The van der Waals surface area contributed by atoms with Crippen LogP contribution >= 0.6 is 11.6 Å². The van der Waals surface area contributed by atoms with Gasteiger partial charge in [-0.3, -0.25) is 14.6 Å². The second-order valence-corrected chi connectivity index (χ2v) is 6.58. The van der Waals surface area contributed by atoms with Crippen molar-refractivity contribution < 1.29 is 4.79 Å². The lowest BCUT2D eigenvalue weighted by molar-refractivity contribution is 0.102. The molecule has 4 rings (SSSR count). The van der Waals surface area contributed by atoms with Gasteiger partial charge in [0.05, 0.1) is 29.5 Å². The first-order valence-corrected chi connectivity index (χ1v) is 8.95. The molecule has 2 heterocycles. The summed E-state index contributed by atoms with van der Waals surface area (Å²) >= 11 is 6.18. The average molecular weight is 391 g/mol. The molecule has 0 spiro atoms. The van der Waals surface area contributed by atoms with E-state index >= 15 is 0 Å². The zero-order valence-electron chi connectivity index (χ0n) is 14.7. The SMILES string of the molecule is O=C(Nc1ccc(=O)n(Cc2ccccc2Cl)c1)c1cnc2ccccc2n1. The van der Waals surface area contributed by atoms with Crippen LogP contribution < -0.4 is 10.9 Å². The Hall–Kier alpha value is -3.51. The van der Waals surface area contributed by atoms with Crippen molar-refractivity contribution in [3.63, 3.8) is 0 Å². The van der Waals surface area contributed by atoms with Gasteiger partial charge in [-0.1, -0.05) is 41.9 Å². The fourth-order valence-electron chi connectivity index (χ4n) is 2.80. The van der Waals surface area contributed by atoms with Crippen molar-refractivity contribution in [3.05, 3.63) is 99.7 Å². The number of nitrogens with one attached hydrogen (secondary N) is 1. The lowest BCUT2D eigenvalue weighted by Gasteiger charge is -2.10. The average Bonchev–Trinajstić information content (AvgIpc) is 2.71. The first-order valence-electron chi connectivity index (χ1n) is 8.57. The van der Waals surface area contributed by atoms with Gasteiger partial charge in [-0.05, 0) is 29.8 Å². The molecule has 1 amide bonds. The first kappa shape index (κ1) is 17.9. The van der Waals surface area contributed by atoms with E-state index in [1.54, 1.807) is 24.4 Å². The second kappa shape index (κ2) is 7.62. The topological polar surface area (TPSA) is 76.9 Å². The molecule has 2 aromatic heterocycles. The summed E-state index contributed by atoms with van der Waals surface area (Å²) in [7, 11) is 0. The fraction of sp³-hybridized carbons (Fsp3) is 0.0476. The largest absolute Gasteiger partial charge is 0.319 e. The predicted octanol–water partition coefficient (Wildman–Crippen LogP) is 3.75. The van der Waals surface area contributed by atoms with E-state index in [9.17, 15) is 9.59 Å². The number of para-hydroxylation sites is 2. The molecule has 0 unspecified atom stereocenters. The van der Waals surface area contributed by atoms with Gasteiger partial charge >= 0.3 is 0 Å². The van der Waals surface area contributed by atoms with Crippen LogP contribution in [0.2, 0.25) is 5.02 Å². The lowest BCUT2D eigenvalue weighted by Crippen LogP contribution is -2.21. The van der Waals surface area contributed by atoms with Crippen molar-refractivity contribution in [3.8, 4) is 0 Å². The van der Waals surface area contributed by atoms with Gasteiger partial charge in [0.2, 0.25) is 0 Å². The highest BCUT2D eigenvalue weighted by atomic mass is 35.5. The van der Waals surface area contributed by atoms with Gasteiger partial charge in [-0.15, -0.1) is 0 Å². The Bertz CT molecular complexity index is 1240. The zero-order chi connectivity index (χ0) is 19.5. The molecule has 1 N–H and O–H groups in total. The minimum absolute atomic E-state index is 0.191. The number of pyridine rings is 1. The molecule has 138 valence electrons. The molecular formula is C21H15ClN4O2. The van der Waals surface area contributed by atoms with Crippen molar-refractivity contribution in [2.45, 2.75) is 6.54 Å². The predicted molar refractivity (Wildman–Crippen MR) is 109 cm³/mol. The van der Waals surface area contributed by atoms with Crippen LogP contribution in [0.3, 0.4) is 0 Å². The quantitative estimate of drug-likeness (QED) is 0.575. The highest BCUT2D eigenvalue weighted by Gasteiger charge is 2.11. The molecule has 0 aliphatic rings. The number of amides is 1. The number of rotatable bonds is 4. The first-order chi connectivity index (χ1) is 13.6. The minimum atomic E-state index is -0.402. The van der Waals surface area contributed by atoms with E-state index in [4.69, 9.17) is 11.6 Å². The van der Waals surface area contributed by atoms with Gasteiger partial charge in [-0.2, -0.15) is 0 Å². The van der Waals surface area contributed by atoms with Crippen molar-refractivity contribution in [2.24, 2.45) is 0 Å². The number of nitrogens with zero attached hydrogens (tertiary/aromatic N) is 3. The van der Waals surface area contributed by atoms with E-state index < -0.39 is 5.91 Å². The lowest BCUT2D eigenvalue weighted by atomic mass is 10.2. The number of anilines is 1. The van der Waals surface area contributed by atoms with Crippen LogP contribution in [0.1, 0.15) is 16.1 Å². The van der Waals surface area contributed by atoms with E-state index in [-0.39, 0.29) is 11.3 Å². The summed E-state index contributed by atoms with van der Waals surface area (Å²) in [5.74, 6) is -0.402. The summed E-state index contributed by atoms with van der Waals surface area (Å²) in [6, 6.07) is 17.6. The minimum Gasteiger partial charge on any atom is -0.319 e. The molecule has 0 saturated heterocycles. The number of fused-ring (bicyclic) bond motifs is 1. The van der Waals surface area contributed by atoms with Crippen LogP contribution in [0.15, 0.2) is 77.9 Å². The van der Waals surface area contributed by atoms with Crippen molar-refractivity contribution >= 4 is 34.2 Å². The molecule has 4 aromatic rings. The van der Waals surface area contributed by atoms with E-state index in [1.807, 2.05) is 36.4 Å². The van der Waals surface area contributed by atoms with E-state index in [0.29, 0.717) is 28.3 Å². The van der Waals surface area contributed by atoms with Crippen LogP contribution in [0, 0.1) is 0 Å². The highest BCUT2D eigenvalue weighted by Crippen LogP contribution is 2.16. The molecule has 0 bridgehead atoms.